The highest BCUT2D eigenvalue weighted by Gasteiger charge is 2.48. The van der Waals surface area contributed by atoms with Crippen molar-refractivity contribution in [1.29, 1.82) is 0 Å². The van der Waals surface area contributed by atoms with Crippen LogP contribution in [0.3, 0.4) is 0 Å². The third-order valence-electron chi connectivity index (χ3n) is 16.6. The molecular formula is C63H69BN2S. The molecule has 0 bridgehead atoms. The number of hydrogen-bond donors (Lipinski definition) is 0. The molecule has 0 N–H and O–H groups in total. The Labute approximate surface area is 406 Å². The van der Waals surface area contributed by atoms with Gasteiger partial charge in [0.1, 0.15) is 0 Å². The zero-order valence-corrected chi connectivity index (χ0v) is 43.0. The van der Waals surface area contributed by atoms with Crippen LogP contribution in [0.15, 0.2) is 144 Å². The van der Waals surface area contributed by atoms with Crippen LogP contribution in [0, 0.1) is 12.8 Å². The first-order valence-electron chi connectivity index (χ1n) is 25.3. The monoisotopic (exact) mass is 897 g/mol. The van der Waals surface area contributed by atoms with Crippen molar-refractivity contribution in [1.82, 2.24) is 0 Å². The summed E-state index contributed by atoms with van der Waals surface area (Å²) in [6.45, 7) is 28.8. The molecule has 2 aliphatic heterocycles. The Kier molecular flexibility index (Phi) is 10.3. The van der Waals surface area contributed by atoms with Crippen molar-refractivity contribution in [3.8, 4) is 0 Å². The third-order valence-corrected chi connectivity index (χ3v) is 17.9. The Balaban J connectivity index is 1.23. The second kappa shape index (κ2) is 15.6. The van der Waals surface area contributed by atoms with E-state index in [2.05, 4.69) is 232 Å². The highest BCUT2D eigenvalue weighted by Crippen LogP contribution is 2.53. The number of allylic oxidation sites excluding steroid dienone is 5. The molecule has 340 valence electrons. The first kappa shape index (κ1) is 44.2. The average molecular weight is 897 g/mol. The fourth-order valence-electron chi connectivity index (χ4n) is 12.3. The van der Waals surface area contributed by atoms with Crippen LogP contribution in [0.4, 0.5) is 28.4 Å². The topological polar surface area (TPSA) is 6.48 Å². The van der Waals surface area contributed by atoms with E-state index in [-0.39, 0.29) is 34.4 Å². The first-order chi connectivity index (χ1) is 31.8. The lowest BCUT2D eigenvalue weighted by Crippen LogP contribution is -2.62. The number of anilines is 5. The van der Waals surface area contributed by atoms with Gasteiger partial charge < -0.3 is 9.80 Å². The summed E-state index contributed by atoms with van der Waals surface area (Å²) >= 11 is 2.06. The van der Waals surface area contributed by atoms with Gasteiger partial charge in [-0.2, -0.15) is 0 Å². The van der Waals surface area contributed by atoms with Crippen LogP contribution in [0.25, 0.3) is 10.1 Å². The minimum Gasteiger partial charge on any atom is -0.334 e. The quantitative estimate of drug-likeness (QED) is 0.154. The molecule has 5 aromatic carbocycles. The second-order valence-corrected chi connectivity index (χ2v) is 24.8. The molecule has 0 saturated carbocycles. The molecule has 1 unspecified atom stereocenters. The van der Waals surface area contributed by atoms with Gasteiger partial charge in [0, 0.05) is 43.0 Å². The Morgan fingerprint density at radius 2 is 1.43 bits per heavy atom. The molecular weight excluding hydrogens is 828 g/mol. The molecule has 3 heterocycles. The predicted octanol–water partition coefficient (Wildman–Crippen LogP) is 15.5. The molecule has 11 rings (SSSR count). The summed E-state index contributed by atoms with van der Waals surface area (Å²) in [4.78, 5) is 5.50. The number of aryl methyl sites for hydroxylation is 1. The van der Waals surface area contributed by atoms with Crippen LogP contribution >= 0.6 is 11.3 Å². The minimum atomic E-state index is -0.198. The van der Waals surface area contributed by atoms with Crippen molar-refractivity contribution in [3.63, 3.8) is 0 Å². The Morgan fingerprint density at radius 3 is 2.10 bits per heavy atom. The Bertz CT molecular complexity index is 3110. The maximum atomic E-state index is 2.80. The molecule has 1 atom stereocenters. The number of thiophene rings is 1. The minimum absolute atomic E-state index is 0.0554. The van der Waals surface area contributed by atoms with E-state index >= 15 is 0 Å². The fourth-order valence-corrected chi connectivity index (χ4v) is 13.7. The van der Waals surface area contributed by atoms with Crippen molar-refractivity contribution in [3.05, 3.63) is 178 Å². The molecule has 0 saturated heterocycles. The van der Waals surface area contributed by atoms with Crippen LogP contribution in [0.5, 0.6) is 0 Å². The molecule has 1 aromatic heterocycles. The van der Waals surface area contributed by atoms with Gasteiger partial charge in [-0.1, -0.05) is 161 Å². The van der Waals surface area contributed by atoms with Crippen LogP contribution < -0.4 is 25.5 Å². The molecule has 0 fully saturated rings. The highest BCUT2D eigenvalue weighted by atomic mass is 32.1. The Morgan fingerprint density at radius 1 is 0.746 bits per heavy atom. The smallest absolute Gasteiger partial charge is 0.264 e. The molecule has 67 heavy (non-hydrogen) atoms. The van der Waals surface area contributed by atoms with Gasteiger partial charge in [0.2, 0.25) is 0 Å². The van der Waals surface area contributed by atoms with E-state index in [1.54, 1.807) is 0 Å². The first-order valence-corrected chi connectivity index (χ1v) is 26.1. The zero-order valence-electron chi connectivity index (χ0n) is 42.2. The SMILES string of the molecule is Cc1cc2c3c(c1)N(C1CC=C(C(C)C)C=C1C1=CC=CCC1)c1ccc(C(C)(C)c4ccccc4)cc1B3c1sc3cc4c(cc3c1N2c1ccc(C(C)(C)C)cc1)C(C)(C)CCC4(C)C. The van der Waals surface area contributed by atoms with Gasteiger partial charge in [-0.3, -0.25) is 0 Å². The van der Waals surface area contributed by atoms with Gasteiger partial charge in [0.25, 0.3) is 6.71 Å². The largest absolute Gasteiger partial charge is 0.334 e. The lowest BCUT2D eigenvalue weighted by Gasteiger charge is -2.47. The molecule has 3 aliphatic carbocycles. The van der Waals surface area contributed by atoms with E-state index < -0.39 is 0 Å². The summed E-state index contributed by atoms with van der Waals surface area (Å²) < 4.78 is 2.87. The summed E-state index contributed by atoms with van der Waals surface area (Å²) in [7, 11) is 0. The number of hydrogen-bond acceptors (Lipinski definition) is 3. The number of nitrogens with zero attached hydrogens (tertiary/aromatic N) is 2. The van der Waals surface area contributed by atoms with Crippen LogP contribution in [-0.4, -0.2) is 12.8 Å². The molecule has 0 amide bonds. The molecule has 0 radical (unpaired) electrons. The summed E-state index contributed by atoms with van der Waals surface area (Å²) in [5.74, 6) is 0.467. The van der Waals surface area contributed by atoms with Crippen molar-refractivity contribution in [2.24, 2.45) is 5.92 Å². The van der Waals surface area contributed by atoms with E-state index in [9.17, 15) is 0 Å². The molecule has 0 spiro atoms. The predicted molar refractivity (Wildman–Crippen MR) is 293 cm³/mol. The van der Waals surface area contributed by atoms with Crippen LogP contribution in [0.1, 0.15) is 142 Å². The van der Waals surface area contributed by atoms with E-state index in [1.807, 2.05) is 0 Å². The number of rotatable bonds is 6. The Hall–Kier alpha value is -5.32. The third kappa shape index (κ3) is 7.09. The van der Waals surface area contributed by atoms with E-state index in [0.717, 1.165) is 19.3 Å². The van der Waals surface area contributed by atoms with Crippen molar-refractivity contribution >= 4 is 72.3 Å². The second-order valence-electron chi connectivity index (χ2n) is 23.8. The van der Waals surface area contributed by atoms with Gasteiger partial charge in [-0.15, -0.1) is 11.3 Å². The molecule has 2 nitrogen and oxygen atoms in total. The fraction of sp³-hybridized carbons (Fsp3) is 0.365. The molecule has 5 aliphatic rings. The van der Waals surface area contributed by atoms with Gasteiger partial charge in [0.05, 0.1) is 11.7 Å². The van der Waals surface area contributed by atoms with Gasteiger partial charge >= 0.3 is 0 Å². The van der Waals surface area contributed by atoms with E-state index in [0.29, 0.717) is 5.92 Å². The molecule has 4 heteroatoms. The normalized spacial score (nSPS) is 19.4. The van der Waals surface area contributed by atoms with Crippen LogP contribution in [-0.2, 0) is 21.7 Å². The van der Waals surface area contributed by atoms with Gasteiger partial charge in [-0.05, 0) is 165 Å². The summed E-state index contributed by atoms with van der Waals surface area (Å²) in [5.41, 5.74) is 22.4. The van der Waals surface area contributed by atoms with E-state index in [4.69, 9.17) is 0 Å². The summed E-state index contributed by atoms with van der Waals surface area (Å²) in [6.07, 6.45) is 17.7. The van der Waals surface area contributed by atoms with Crippen molar-refractivity contribution in [2.45, 2.75) is 143 Å². The summed E-state index contributed by atoms with van der Waals surface area (Å²) in [6, 6.07) is 38.8. The summed E-state index contributed by atoms with van der Waals surface area (Å²) in [5, 5.41) is 1.39. The number of fused-ring (bicyclic) bond motifs is 7. The zero-order chi connectivity index (χ0) is 46.9. The maximum absolute atomic E-state index is 2.80. The van der Waals surface area contributed by atoms with Crippen molar-refractivity contribution < 1.29 is 0 Å². The van der Waals surface area contributed by atoms with Crippen LogP contribution in [0.2, 0.25) is 0 Å². The standard InChI is InChI=1S/C63H69BN2S/c1-39(2)42-23-29-52(47(35-42)41-19-15-13-16-20-41)66-53-30-26-45(63(11,12)44-21-17-14-18-22-44)36-51(53)64-57-54(33-40(3)34-55(57)66)65(46-27-24-43(25-28-46)60(4,5)6)58-48-37-49-50(38-56(48)67-59(58)64)62(9,10)32-31-61(49,7)8/h13-15,17-19,21-28,30,33-39,52H,16,20,29,31-32H2,1-12H3. The van der Waals surface area contributed by atoms with E-state index in [1.165, 1.54) is 117 Å². The van der Waals surface area contributed by atoms with Crippen molar-refractivity contribution in [2.75, 3.05) is 9.80 Å². The lowest BCUT2D eigenvalue weighted by atomic mass is 9.36. The lowest BCUT2D eigenvalue weighted by molar-refractivity contribution is 0.332. The van der Waals surface area contributed by atoms with Gasteiger partial charge in [0.15, 0.2) is 0 Å². The highest BCUT2D eigenvalue weighted by molar-refractivity contribution is 7.33. The van der Waals surface area contributed by atoms with Gasteiger partial charge in [-0.25, -0.2) is 0 Å². The average Bonchev–Trinajstić information content (AvgIpc) is 3.68. The number of benzene rings is 5. The molecule has 6 aromatic rings. The maximum Gasteiger partial charge on any atom is 0.264 e.